The lowest BCUT2D eigenvalue weighted by molar-refractivity contribution is -0.118. The number of rotatable bonds is 11. The average molecular weight is 470 g/mol. The number of carbonyl (C=O) groups is 1. The molecule has 176 valence electrons. The van der Waals surface area contributed by atoms with Gasteiger partial charge in [-0.15, -0.1) is 0 Å². The molecule has 1 unspecified atom stereocenters. The molecule has 3 aromatic rings. The number of methoxy groups -OCH3 is 1. The molecule has 0 saturated carbocycles. The zero-order valence-electron chi connectivity index (χ0n) is 19.5. The van der Waals surface area contributed by atoms with E-state index in [1.165, 1.54) is 6.07 Å². The van der Waals surface area contributed by atoms with E-state index in [1.807, 2.05) is 54.6 Å². The van der Waals surface area contributed by atoms with Gasteiger partial charge in [0.2, 0.25) is 5.91 Å². The summed E-state index contributed by atoms with van der Waals surface area (Å²) in [6.45, 7) is 2.85. The molecule has 0 aliphatic heterocycles. The number of benzene rings is 2. The van der Waals surface area contributed by atoms with Crippen molar-refractivity contribution in [2.75, 3.05) is 42.9 Å². The van der Waals surface area contributed by atoms with E-state index in [0.29, 0.717) is 22.7 Å². The summed E-state index contributed by atoms with van der Waals surface area (Å²) in [5.74, 6) is 1.36. The Balaban J connectivity index is 1.92. The molecule has 2 aromatic carbocycles. The van der Waals surface area contributed by atoms with E-state index >= 15 is 0 Å². The maximum Gasteiger partial charge on any atom is 0.338 e. The number of nitrogens with zero attached hydrogens (tertiary/aromatic N) is 1. The second-order valence-electron chi connectivity index (χ2n) is 7.67. The summed E-state index contributed by atoms with van der Waals surface area (Å²) in [5.41, 5.74) is 2.19. The molecule has 0 aliphatic carbocycles. The molecule has 8 heteroatoms. The molecule has 0 fully saturated rings. The van der Waals surface area contributed by atoms with Crippen LogP contribution in [0.15, 0.2) is 57.7 Å². The van der Waals surface area contributed by atoms with Gasteiger partial charge in [-0.3, -0.25) is 4.79 Å². The first-order valence-electron chi connectivity index (χ1n) is 11.0. The Hall–Kier alpha value is -2.97. The standard InChI is InChI=1S/C25H31N3O4S/c1-5-13-26-19(12-14-33-4)25(30)27-20-15-17(10-11-23(20)31-3)28(2)21-16-24(29)32-22-9-7-6-8-18(21)22/h6-11,15-16,19,26H,5,12-14H2,1-4H3,(H,27,30). The lowest BCUT2D eigenvalue weighted by Crippen LogP contribution is -2.41. The minimum absolute atomic E-state index is 0.0959. The molecule has 1 atom stereocenters. The Labute approximate surface area is 198 Å². The van der Waals surface area contributed by atoms with E-state index in [4.69, 9.17) is 9.15 Å². The summed E-state index contributed by atoms with van der Waals surface area (Å²) < 4.78 is 10.8. The predicted molar refractivity (Wildman–Crippen MR) is 137 cm³/mol. The van der Waals surface area contributed by atoms with E-state index in [2.05, 4.69) is 17.6 Å². The first-order valence-corrected chi connectivity index (χ1v) is 12.4. The van der Waals surface area contributed by atoms with Crippen LogP contribution >= 0.6 is 11.8 Å². The number of para-hydroxylation sites is 1. The highest BCUT2D eigenvalue weighted by Gasteiger charge is 2.20. The fraction of sp³-hybridized carbons (Fsp3) is 0.360. The van der Waals surface area contributed by atoms with Gasteiger partial charge in [-0.1, -0.05) is 19.1 Å². The third kappa shape index (κ3) is 6.09. The average Bonchev–Trinajstić information content (AvgIpc) is 2.83. The number of ether oxygens (including phenoxy) is 1. The van der Waals surface area contributed by atoms with Crippen LogP contribution in [-0.4, -0.2) is 44.7 Å². The summed E-state index contributed by atoms with van der Waals surface area (Å²) in [4.78, 5) is 27.1. The quantitative estimate of drug-likeness (QED) is 0.396. The number of carbonyl (C=O) groups excluding carboxylic acids is 1. The van der Waals surface area contributed by atoms with Crippen LogP contribution in [0.5, 0.6) is 5.75 Å². The van der Waals surface area contributed by atoms with Crippen LogP contribution in [0.25, 0.3) is 11.0 Å². The van der Waals surface area contributed by atoms with E-state index in [0.717, 1.165) is 36.2 Å². The number of hydrogen-bond donors (Lipinski definition) is 2. The maximum absolute atomic E-state index is 13.1. The molecular weight excluding hydrogens is 438 g/mol. The Morgan fingerprint density at radius 2 is 2.00 bits per heavy atom. The van der Waals surface area contributed by atoms with Crippen molar-refractivity contribution in [3.05, 3.63) is 59.0 Å². The van der Waals surface area contributed by atoms with Gasteiger partial charge in [0.15, 0.2) is 0 Å². The molecule has 33 heavy (non-hydrogen) atoms. The molecule has 2 N–H and O–H groups in total. The van der Waals surface area contributed by atoms with Gasteiger partial charge in [0.05, 0.1) is 24.5 Å². The monoisotopic (exact) mass is 469 g/mol. The van der Waals surface area contributed by atoms with E-state index in [1.54, 1.807) is 24.9 Å². The molecule has 0 bridgehead atoms. The topological polar surface area (TPSA) is 83.8 Å². The fourth-order valence-electron chi connectivity index (χ4n) is 3.61. The first-order chi connectivity index (χ1) is 16.0. The van der Waals surface area contributed by atoms with E-state index in [-0.39, 0.29) is 11.9 Å². The summed E-state index contributed by atoms with van der Waals surface area (Å²) in [6, 6.07) is 14.1. The van der Waals surface area contributed by atoms with Crippen molar-refractivity contribution in [3.63, 3.8) is 0 Å². The zero-order chi connectivity index (χ0) is 23.8. The van der Waals surface area contributed by atoms with Crippen molar-refractivity contribution in [2.45, 2.75) is 25.8 Å². The minimum atomic E-state index is -0.420. The van der Waals surface area contributed by atoms with Gasteiger partial charge in [-0.25, -0.2) is 4.79 Å². The number of amides is 1. The lowest BCUT2D eigenvalue weighted by Gasteiger charge is -2.23. The molecule has 1 heterocycles. The normalized spacial score (nSPS) is 11.9. The Kier molecular flexibility index (Phi) is 8.79. The van der Waals surface area contributed by atoms with Crippen molar-refractivity contribution < 1.29 is 13.9 Å². The van der Waals surface area contributed by atoms with Gasteiger partial charge in [-0.2, -0.15) is 11.8 Å². The highest BCUT2D eigenvalue weighted by molar-refractivity contribution is 7.98. The molecule has 0 spiro atoms. The second-order valence-corrected chi connectivity index (χ2v) is 8.65. The van der Waals surface area contributed by atoms with Crippen LogP contribution in [-0.2, 0) is 4.79 Å². The van der Waals surface area contributed by atoms with Crippen LogP contribution in [0.3, 0.4) is 0 Å². The van der Waals surface area contributed by atoms with E-state index in [9.17, 15) is 9.59 Å². The van der Waals surface area contributed by atoms with Gasteiger partial charge >= 0.3 is 5.63 Å². The lowest BCUT2D eigenvalue weighted by atomic mass is 10.1. The third-order valence-electron chi connectivity index (χ3n) is 5.39. The van der Waals surface area contributed by atoms with Crippen molar-refractivity contribution in [2.24, 2.45) is 0 Å². The number of hydrogen-bond acceptors (Lipinski definition) is 7. The number of nitrogens with one attached hydrogen (secondary N) is 2. The van der Waals surface area contributed by atoms with Crippen LogP contribution in [0.2, 0.25) is 0 Å². The van der Waals surface area contributed by atoms with Crippen LogP contribution < -0.4 is 25.9 Å². The van der Waals surface area contributed by atoms with Gasteiger partial charge < -0.3 is 24.7 Å². The molecule has 0 radical (unpaired) electrons. The maximum atomic E-state index is 13.1. The summed E-state index contributed by atoms with van der Waals surface area (Å²) in [5, 5.41) is 7.18. The fourth-order valence-corrected chi connectivity index (χ4v) is 4.08. The Morgan fingerprint density at radius 1 is 1.21 bits per heavy atom. The zero-order valence-corrected chi connectivity index (χ0v) is 20.3. The van der Waals surface area contributed by atoms with Gasteiger partial charge in [0.25, 0.3) is 0 Å². The van der Waals surface area contributed by atoms with Crippen LogP contribution in [0.1, 0.15) is 19.8 Å². The molecule has 7 nitrogen and oxygen atoms in total. The molecular formula is C25H31N3O4S. The SMILES string of the molecule is CCCNC(CCSC)C(=O)Nc1cc(N(C)c2cc(=O)oc3ccccc23)ccc1OC. The van der Waals surface area contributed by atoms with Crippen molar-refractivity contribution >= 4 is 45.7 Å². The molecule has 1 amide bonds. The van der Waals surface area contributed by atoms with Gasteiger partial charge in [0.1, 0.15) is 11.3 Å². The minimum Gasteiger partial charge on any atom is -0.495 e. The highest BCUT2D eigenvalue weighted by Crippen LogP contribution is 2.34. The molecule has 1 aromatic heterocycles. The van der Waals surface area contributed by atoms with Crippen LogP contribution in [0.4, 0.5) is 17.1 Å². The Morgan fingerprint density at radius 3 is 2.73 bits per heavy atom. The number of anilines is 3. The van der Waals surface area contributed by atoms with Crippen LogP contribution in [0, 0.1) is 0 Å². The summed E-state index contributed by atoms with van der Waals surface area (Å²) in [7, 11) is 3.45. The highest BCUT2D eigenvalue weighted by atomic mass is 32.2. The smallest absolute Gasteiger partial charge is 0.338 e. The van der Waals surface area contributed by atoms with E-state index < -0.39 is 5.63 Å². The van der Waals surface area contributed by atoms with Crippen molar-refractivity contribution in [1.29, 1.82) is 0 Å². The third-order valence-corrected chi connectivity index (χ3v) is 6.03. The van der Waals surface area contributed by atoms with Gasteiger partial charge in [0, 0.05) is 24.2 Å². The summed E-state index contributed by atoms with van der Waals surface area (Å²) in [6.07, 6.45) is 3.72. The van der Waals surface area contributed by atoms with Crippen molar-refractivity contribution in [1.82, 2.24) is 5.32 Å². The van der Waals surface area contributed by atoms with Gasteiger partial charge in [-0.05, 0) is 61.7 Å². The molecule has 3 rings (SSSR count). The van der Waals surface area contributed by atoms with Crippen molar-refractivity contribution in [3.8, 4) is 5.75 Å². The number of thioether (sulfide) groups is 1. The number of fused-ring (bicyclic) bond motifs is 1. The predicted octanol–water partition coefficient (Wildman–Crippen LogP) is 4.63. The second kappa shape index (κ2) is 11.8. The largest absolute Gasteiger partial charge is 0.495 e. The summed E-state index contributed by atoms with van der Waals surface area (Å²) >= 11 is 1.72. The Bertz CT molecular complexity index is 1140. The molecule has 0 aliphatic rings. The first kappa shape index (κ1) is 24.7. The molecule has 0 saturated heterocycles.